The van der Waals surface area contributed by atoms with Gasteiger partial charge in [-0.05, 0) is 25.8 Å². The topological polar surface area (TPSA) is 55.0 Å². The molecule has 0 saturated heterocycles. The minimum atomic E-state index is 0.335. The van der Waals surface area contributed by atoms with E-state index in [4.69, 9.17) is 5.73 Å². The summed E-state index contributed by atoms with van der Waals surface area (Å²) in [6, 6.07) is 2.32. The molecule has 0 fully saturated rings. The van der Waals surface area contributed by atoms with Gasteiger partial charge in [0.25, 0.3) is 0 Å². The summed E-state index contributed by atoms with van der Waals surface area (Å²) in [5.74, 6) is 1.84. The van der Waals surface area contributed by atoms with E-state index < -0.39 is 0 Å². The number of aromatic nitrogens is 2. The number of hydrogen-bond acceptors (Lipinski definition) is 4. The van der Waals surface area contributed by atoms with Gasteiger partial charge in [-0.2, -0.15) is 4.98 Å². The summed E-state index contributed by atoms with van der Waals surface area (Å²) < 4.78 is 0. The number of hydrogen-bond donors (Lipinski definition) is 1. The third-order valence-corrected chi connectivity index (χ3v) is 2.14. The molecule has 1 aromatic heterocycles. The van der Waals surface area contributed by atoms with Crippen LogP contribution in [-0.2, 0) is 0 Å². The maximum absolute atomic E-state index is 5.58. The predicted octanol–water partition coefficient (Wildman–Crippen LogP) is 1.93. The molecule has 4 nitrogen and oxygen atoms in total. The molecule has 0 bridgehead atoms. The van der Waals surface area contributed by atoms with Crippen molar-refractivity contribution in [3.8, 4) is 0 Å². The zero-order valence-corrected chi connectivity index (χ0v) is 9.94. The monoisotopic (exact) mass is 208 g/mol. The molecular formula is C11H20N4. The van der Waals surface area contributed by atoms with Gasteiger partial charge in [0, 0.05) is 18.8 Å². The van der Waals surface area contributed by atoms with Gasteiger partial charge in [-0.15, -0.1) is 0 Å². The van der Waals surface area contributed by atoms with Crippen molar-refractivity contribution in [2.75, 3.05) is 17.2 Å². The molecule has 1 aromatic rings. The summed E-state index contributed by atoms with van der Waals surface area (Å²) in [5.41, 5.74) is 5.58. The van der Waals surface area contributed by atoms with Gasteiger partial charge >= 0.3 is 0 Å². The van der Waals surface area contributed by atoms with E-state index in [9.17, 15) is 0 Å². The molecule has 0 unspecified atom stereocenters. The summed E-state index contributed by atoms with van der Waals surface area (Å²) in [6.45, 7) is 9.68. The van der Waals surface area contributed by atoms with Crippen LogP contribution in [0.2, 0.25) is 0 Å². The Morgan fingerprint density at radius 1 is 1.33 bits per heavy atom. The van der Waals surface area contributed by atoms with Gasteiger partial charge in [-0.3, -0.25) is 0 Å². The largest absolute Gasteiger partial charge is 0.368 e. The van der Waals surface area contributed by atoms with Gasteiger partial charge in [-0.25, -0.2) is 4.98 Å². The van der Waals surface area contributed by atoms with E-state index in [2.05, 4.69) is 42.6 Å². The lowest BCUT2D eigenvalue weighted by molar-refractivity contribution is 0.566. The van der Waals surface area contributed by atoms with Crippen molar-refractivity contribution in [3.63, 3.8) is 0 Å². The first-order chi connectivity index (χ1) is 7.00. The lowest BCUT2D eigenvalue weighted by Crippen LogP contribution is -2.34. The van der Waals surface area contributed by atoms with Crippen molar-refractivity contribution < 1.29 is 0 Å². The lowest BCUT2D eigenvalue weighted by atomic mass is 10.2. The van der Waals surface area contributed by atoms with E-state index in [1.807, 2.05) is 6.07 Å². The highest BCUT2D eigenvalue weighted by molar-refractivity contribution is 5.41. The zero-order chi connectivity index (χ0) is 11.4. The van der Waals surface area contributed by atoms with Crippen LogP contribution >= 0.6 is 0 Å². The molecule has 15 heavy (non-hydrogen) atoms. The second-order valence-electron chi connectivity index (χ2n) is 4.41. The maximum Gasteiger partial charge on any atom is 0.221 e. The summed E-state index contributed by atoms with van der Waals surface area (Å²) in [6.07, 6.45) is 1.70. The van der Waals surface area contributed by atoms with Crippen molar-refractivity contribution in [2.45, 2.75) is 33.7 Å². The summed E-state index contributed by atoms with van der Waals surface area (Å²) in [7, 11) is 0. The van der Waals surface area contributed by atoms with Crippen molar-refractivity contribution in [3.05, 3.63) is 12.3 Å². The van der Waals surface area contributed by atoms with E-state index in [1.165, 1.54) is 0 Å². The molecule has 0 aliphatic carbocycles. The van der Waals surface area contributed by atoms with Crippen LogP contribution in [0.1, 0.15) is 27.7 Å². The second kappa shape index (κ2) is 4.96. The van der Waals surface area contributed by atoms with Crippen molar-refractivity contribution in [1.29, 1.82) is 0 Å². The first-order valence-corrected chi connectivity index (χ1v) is 5.36. The lowest BCUT2D eigenvalue weighted by Gasteiger charge is -2.29. The molecule has 0 atom stereocenters. The number of nitrogen functional groups attached to an aromatic ring is 1. The minimum Gasteiger partial charge on any atom is -0.368 e. The molecular weight excluding hydrogens is 188 g/mol. The van der Waals surface area contributed by atoms with Gasteiger partial charge < -0.3 is 10.6 Å². The van der Waals surface area contributed by atoms with E-state index in [1.54, 1.807) is 6.20 Å². The fraction of sp³-hybridized carbons (Fsp3) is 0.636. The standard InChI is InChI=1S/C11H20N4/c1-8(2)7-15(9(3)4)10-5-6-13-11(12)14-10/h5-6,8-9H,7H2,1-4H3,(H2,12,13,14). The average molecular weight is 208 g/mol. The Morgan fingerprint density at radius 2 is 2.00 bits per heavy atom. The molecule has 0 radical (unpaired) electrons. The fourth-order valence-corrected chi connectivity index (χ4v) is 1.49. The average Bonchev–Trinajstić information content (AvgIpc) is 2.13. The van der Waals surface area contributed by atoms with Crippen LogP contribution in [0.5, 0.6) is 0 Å². The van der Waals surface area contributed by atoms with Crippen molar-refractivity contribution in [2.24, 2.45) is 5.92 Å². The molecule has 0 aliphatic heterocycles. The molecule has 1 heterocycles. The van der Waals surface area contributed by atoms with E-state index in [0.29, 0.717) is 17.9 Å². The fourth-order valence-electron chi connectivity index (χ4n) is 1.49. The minimum absolute atomic E-state index is 0.335. The highest BCUT2D eigenvalue weighted by atomic mass is 15.2. The van der Waals surface area contributed by atoms with Crippen LogP contribution in [0.15, 0.2) is 12.3 Å². The number of nitrogens with zero attached hydrogens (tertiary/aromatic N) is 3. The van der Waals surface area contributed by atoms with Gasteiger partial charge in [0.15, 0.2) is 0 Å². The van der Waals surface area contributed by atoms with E-state index in [-0.39, 0.29) is 0 Å². The Hall–Kier alpha value is -1.32. The third kappa shape index (κ3) is 3.38. The van der Waals surface area contributed by atoms with E-state index in [0.717, 1.165) is 12.4 Å². The quantitative estimate of drug-likeness (QED) is 0.821. The normalized spacial score (nSPS) is 11.1. The predicted molar refractivity (Wildman–Crippen MR) is 63.8 cm³/mol. The summed E-state index contributed by atoms with van der Waals surface area (Å²) >= 11 is 0. The highest BCUT2D eigenvalue weighted by Crippen LogP contribution is 2.15. The molecule has 0 amide bonds. The summed E-state index contributed by atoms with van der Waals surface area (Å²) in [5, 5.41) is 0. The van der Waals surface area contributed by atoms with E-state index >= 15 is 0 Å². The SMILES string of the molecule is CC(C)CN(c1ccnc(N)n1)C(C)C. The number of nitrogens with two attached hydrogens (primary N) is 1. The maximum atomic E-state index is 5.58. The van der Waals surface area contributed by atoms with Crippen LogP contribution in [0.4, 0.5) is 11.8 Å². The number of anilines is 2. The van der Waals surface area contributed by atoms with Gasteiger partial charge in [0.2, 0.25) is 5.95 Å². The first-order valence-electron chi connectivity index (χ1n) is 5.36. The third-order valence-electron chi connectivity index (χ3n) is 2.14. The molecule has 84 valence electrons. The second-order valence-corrected chi connectivity index (χ2v) is 4.41. The van der Waals surface area contributed by atoms with Crippen molar-refractivity contribution in [1.82, 2.24) is 9.97 Å². The molecule has 0 saturated carbocycles. The highest BCUT2D eigenvalue weighted by Gasteiger charge is 2.13. The van der Waals surface area contributed by atoms with Crippen molar-refractivity contribution >= 4 is 11.8 Å². The summed E-state index contributed by atoms with van der Waals surface area (Å²) in [4.78, 5) is 10.4. The van der Waals surface area contributed by atoms with Gasteiger partial charge in [0.1, 0.15) is 5.82 Å². The van der Waals surface area contributed by atoms with Crippen LogP contribution < -0.4 is 10.6 Å². The van der Waals surface area contributed by atoms with Crippen LogP contribution in [0, 0.1) is 5.92 Å². The molecule has 0 aromatic carbocycles. The Morgan fingerprint density at radius 3 is 2.47 bits per heavy atom. The van der Waals surface area contributed by atoms with Gasteiger partial charge in [0.05, 0.1) is 0 Å². The molecule has 2 N–H and O–H groups in total. The van der Waals surface area contributed by atoms with Crippen LogP contribution in [0.3, 0.4) is 0 Å². The zero-order valence-electron chi connectivity index (χ0n) is 9.94. The molecule has 0 aliphatic rings. The van der Waals surface area contributed by atoms with Crippen LogP contribution in [0.25, 0.3) is 0 Å². The number of rotatable bonds is 4. The Bertz CT molecular complexity index is 309. The smallest absolute Gasteiger partial charge is 0.221 e. The van der Waals surface area contributed by atoms with Gasteiger partial charge in [-0.1, -0.05) is 13.8 Å². The first kappa shape index (κ1) is 11.8. The molecule has 1 rings (SSSR count). The Labute approximate surface area is 91.5 Å². The Kier molecular flexibility index (Phi) is 3.88. The Balaban J connectivity index is 2.88. The molecule has 4 heteroatoms. The molecule has 0 spiro atoms. The van der Waals surface area contributed by atoms with Crippen LogP contribution in [-0.4, -0.2) is 22.6 Å².